The first-order valence-corrected chi connectivity index (χ1v) is 11.6. The van der Waals surface area contributed by atoms with Gasteiger partial charge in [0.05, 0.1) is 12.2 Å². The number of hydrogen-bond acceptors (Lipinski definition) is 6. The quantitative estimate of drug-likeness (QED) is 0.715. The maximum Gasteiger partial charge on any atom is 0.326 e. The number of carbonyl (C=O) groups is 2. The van der Waals surface area contributed by atoms with Crippen molar-refractivity contribution in [2.24, 2.45) is 0 Å². The Morgan fingerprint density at radius 2 is 2.03 bits per heavy atom. The van der Waals surface area contributed by atoms with Crippen molar-refractivity contribution in [3.05, 3.63) is 47.3 Å². The van der Waals surface area contributed by atoms with Gasteiger partial charge in [-0.3, -0.25) is 4.79 Å². The Morgan fingerprint density at radius 3 is 2.83 bits per heavy atom. The fourth-order valence-corrected chi connectivity index (χ4v) is 5.03. The number of hydrogen-bond donors (Lipinski definition) is 1. The van der Waals surface area contributed by atoms with Crippen LogP contribution < -0.4 is 0 Å². The molecule has 0 aliphatic carbocycles. The summed E-state index contributed by atoms with van der Waals surface area (Å²) in [6, 6.07) is 6.62. The lowest BCUT2D eigenvalue weighted by Crippen LogP contribution is -2.40. The van der Waals surface area contributed by atoms with Crippen molar-refractivity contribution in [1.82, 2.24) is 24.8 Å². The van der Waals surface area contributed by atoms with Gasteiger partial charge >= 0.3 is 5.97 Å². The number of carbonyl (C=O) groups excluding carboxylic acids is 1. The standard InChI is InChI=1S/C21H27N5O3S/c27-20(26-7-2-5-19(26)21(28)29)17-4-1-3-16(13-17)14-25-15-18(22-23-25)6-8-24-9-11-30-12-10-24/h1,3-4,13,15,19H,2,5-12,14H2,(H,28,29)/t19-/m1/s1. The van der Waals surface area contributed by atoms with Crippen LogP contribution in [0.1, 0.15) is 34.5 Å². The van der Waals surface area contributed by atoms with E-state index in [-0.39, 0.29) is 5.91 Å². The Labute approximate surface area is 180 Å². The zero-order valence-electron chi connectivity index (χ0n) is 16.9. The lowest BCUT2D eigenvalue weighted by atomic mass is 10.1. The second kappa shape index (κ2) is 9.61. The number of aliphatic carboxylic acids is 1. The van der Waals surface area contributed by atoms with Crippen LogP contribution in [0.2, 0.25) is 0 Å². The van der Waals surface area contributed by atoms with E-state index in [0.717, 1.165) is 43.7 Å². The maximum atomic E-state index is 12.8. The van der Waals surface area contributed by atoms with Crippen LogP contribution in [0, 0.1) is 0 Å². The number of carboxylic acids is 1. The number of thioether (sulfide) groups is 1. The molecule has 1 aromatic carbocycles. The van der Waals surface area contributed by atoms with Crippen molar-refractivity contribution in [3.8, 4) is 0 Å². The molecule has 30 heavy (non-hydrogen) atoms. The average molecular weight is 430 g/mol. The molecule has 0 radical (unpaired) electrons. The minimum atomic E-state index is -0.935. The maximum absolute atomic E-state index is 12.8. The van der Waals surface area contributed by atoms with Crippen molar-refractivity contribution in [2.75, 3.05) is 37.7 Å². The monoisotopic (exact) mass is 429 g/mol. The average Bonchev–Trinajstić information content (AvgIpc) is 3.42. The van der Waals surface area contributed by atoms with Gasteiger partial charge in [-0.05, 0) is 30.5 Å². The molecule has 4 rings (SSSR count). The molecule has 3 heterocycles. The molecule has 1 aromatic heterocycles. The fourth-order valence-electron chi connectivity index (χ4n) is 4.05. The van der Waals surface area contributed by atoms with Crippen molar-refractivity contribution >= 4 is 23.6 Å². The molecular formula is C21H27N5O3S. The first kappa shape index (κ1) is 20.9. The molecular weight excluding hydrogens is 402 g/mol. The molecule has 8 nitrogen and oxygen atoms in total. The van der Waals surface area contributed by atoms with Gasteiger partial charge in [0.25, 0.3) is 5.91 Å². The minimum absolute atomic E-state index is 0.222. The third-order valence-corrected chi connectivity index (χ3v) is 6.63. The highest BCUT2D eigenvalue weighted by molar-refractivity contribution is 7.99. The zero-order valence-corrected chi connectivity index (χ0v) is 17.8. The van der Waals surface area contributed by atoms with E-state index in [2.05, 4.69) is 15.2 Å². The van der Waals surface area contributed by atoms with Crippen molar-refractivity contribution < 1.29 is 14.7 Å². The van der Waals surface area contributed by atoms with Gasteiger partial charge in [-0.25, -0.2) is 9.48 Å². The third kappa shape index (κ3) is 5.02. The second-order valence-electron chi connectivity index (χ2n) is 7.81. The molecule has 0 saturated carbocycles. The summed E-state index contributed by atoms with van der Waals surface area (Å²) < 4.78 is 1.79. The van der Waals surface area contributed by atoms with Crippen LogP contribution in [0.4, 0.5) is 0 Å². The normalized spacial score (nSPS) is 19.9. The number of likely N-dealkylation sites (tertiary alicyclic amines) is 1. The first-order chi connectivity index (χ1) is 14.6. The predicted molar refractivity (Wildman–Crippen MR) is 115 cm³/mol. The number of aromatic nitrogens is 3. The van der Waals surface area contributed by atoms with Crippen LogP contribution in [0.25, 0.3) is 0 Å². The van der Waals surface area contributed by atoms with Gasteiger partial charge in [-0.15, -0.1) is 5.10 Å². The number of carboxylic acid groups (broad SMARTS) is 1. The van der Waals surface area contributed by atoms with Gasteiger partial charge in [0.15, 0.2) is 0 Å². The molecule has 2 aliphatic rings. The first-order valence-electron chi connectivity index (χ1n) is 10.4. The van der Waals surface area contributed by atoms with E-state index in [1.807, 2.05) is 36.2 Å². The highest BCUT2D eigenvalue weighted by atomic mass is 32.2. The molecule has 9 heteroatoms. The van der Waals surface area contributed by atoms with Gasteiger partial charge in [-0.2, -0.15) is 11.8 Å². The zero-order chi connectivity index (χ0) is 20.9. The highest BCUT2D eigenvalue weighted by Crippen LogP contribution is 2.21. The molecule has 2 saturated heterocycles. The number of nitrogens with zero attached hydrogens (tertiary/aromatic N) is 5. The van der Waals surface area contributed by atoms with E-state index in [1.54, 1.807) is 10.7 Å². The SMILES string of the molecule is O=C(O)[C@H]1CCCN1C(=O)c1cccc(Cn2cc(CCN3CCSCC3)nn2)c1. The third-order valence-electron chi connectivity index (χ3n) is 5.69. The van der Waals surface area contributed by atoms with Crippen LogP contribution in [0.5, 0.6) is 0 Å². The van der Waals surface area contributed by atoms with Crippen molar-refractivity contribution in [1.29, 1.82) is 0 Å². The molecule has 0 bridgehead atoms. The lowest BCUT2D eigenvalue weighted by Gasteiger charge is -2.25. The molecule has 2 fully saturated rings. The number of amides is 1. The summed E-state index contributed by atoms with van der Waals surface area (Å²) in [6.07, 6.45) is 4.09. The van der Waals surface area contributed by atoms with Crippen LogP contribution >= 0.6 is 11.8 Å². The molecule has 1 amide bonds. The molecule has 1 N–H and O–H groups in total. The van der Waals surface area contributed by atoms with Crippen LogP contribution in [-0.2, 0) is 17.8 Å². The summed E-state index contributed by atoms with van der Waals surface area (Å²) >= 11 is 2.01. The number of benzene rings is 1. The molecule has 0 unspecified atom stereocenters. The molecule has 2 aliphatic heterocycles. The number of rotatable bonds is 7. The fraction of sp³-hybridized carbons (Fsp3) is 0.524. The Hall–Kier alpha value is -2.39. The predicted octanol–water partition coefficient (Wildman–Crippen LogP) is 1.61. The van der Waals surface area contributed by atoms with Crippen LogP contribution in [0.3, 0.4) is 0 Å². The van der Waals surface area contributed by atoms with E-state index in [9.17, 15) is 14.7 Å². The molecule has 1 atom stereocenters. The van der Waals surface area contributed by atoms with Gasteiger partial charge < -0.3 is 14.9 Å². The van der Waals surface area contributed by atoms with Crippen LogP contribution in [0.15, 0.2) is 30.5 Å². The summed E-state index contributed by atoms with van der Waals surface area (Å²) in [5.41, 5.74) is 2.43. The minimum Gasteiger partial charge on any atom is -0.480 e. The van der Waals surface area contributed by atoms with E-state index < -0.39 is 12.0 Å². The van der Waals surface area contributed by atoms with Crippen LogP contribution in [-0.4, -0.2) is 85.5 Å². The van der Waals surface area contributed by atoms with E-state index >= 15 is 0 Å². The lowest BCUT2D eigenvalue weighted by molar-refractivity contribution is -0.141. The molecule has 0 spiro atoms. The van der Waals surface area contributed by atoms with Gasteiger partial charge in [-0.1, -0.05) is 17.3 Å². The molecule has 2 aromatic rings. The largest absolute Gasteiger partial charge is 0.480 e. The summed E-state index contributed by atoms with van der Waals surface area (Å²) in [4.78, 5) is 28.2. The summed E-state index contributed by atoms with van der Waals surface area (Å²) in [5, 5.41) is 17.9. The Balaban J connectivity index is 1.37. The van der Waals surface area contributed by atoms with Gasteiger partial charge in [0, 0.05) is 55.9 Å². The van der Waals surface area contributed by atoms with E-state index in [1.165, 1.54) is 16.4 Å². The van der Waals surface area contributed by atoms with Crippen molar-refractivity contribution in [3.63, 3.8) is 0 Å². The van der Waals surface area contributed by atoms with E-state index in [0.29, 0.717) is 25.1 Å². The summed E-state index contributed by atoms with van der Waals surface area (Å²) in [6.45, 7) is 4.29. The van der Waals surface area contributed by atoms with Gasteiger partial charge in [0.1, 0.15) is 6.04 Å². The highest BCUT2D eigenvalue weighted by Gasteiger charge is 2.34. The van der Waals surface area contributed by atoms with Crippen molar-refractivity contribution in [2.45, 2.75) is 31.8 Å². The van der Waals surface area contributed by atoms with E-state index in [4.69, 9.17) is 0 Å². The smallest absolute Gasteiger partial charge is 0.326 e. The molecule has 160 valence electrons. The summed E-state index contributed by atoms with van der Waals surface area (Å²) in [7, 11) is 0. The Bertz CT molecular complexity index is 896. The Morgan fingerprint density at radius 1 is 1.20 bits per heavy atom. The topological polar surface area (TPSA) is 91.6 Å². The summed E-state index contributed by atoms with van der Waals surface area (Å²) in [5.74, 6) is 1.25. The van der Waals surface area contributed by atoms with Gasteiger partial charge in [0.2, 0.25) is 0 Å². The second-order valence-corrected chi connectivity index (χ2v) is 9.03. The Kier molecular flexibility index (Phi) is 6.69.